The van der Waals surface area contributed by atoms with Gasteiger partial charge in [0.05, 0.1) is 6.61 Å². The number of nitrogens with zero attached hydrogens (tertiary/aromatic N) is 1. The molecule has 0 spiro atoms. The number of rotatable bonds is 4. The molecule has 0 unspecified atom stereocenters. The number of ether oxygens (including phenoxy) is 1. The van der Waals surface area contributed by atoms with E-state index in [1.165, 1.54) is 18.5 Å². The number of fused-ring (bicyclic) bond motifs is 1. The van der Waals surface area contributed by atoms with Crippen molar-refractivity contribution >= 4 is 5.69 Å². The third kappa shape index (κ3) is 1.83. The van der Waals surface area contributed by atoms with Gasteiger partial charge < -0.3 is 10.5 Å². The minimum atomic E-state index is 0.350. The Morgan fingerprint density at radius 3 is 3.29 bits per heavy atom. The topological polar surface area (TPSA) is 38.5 Å². The van der Waals surface area contributed by atoms with E-state index in [1.807, 2.05) is 12.1 Å². The monoisotopic (exact) mass is 231 g/mol. The molecular weight excluding hydrogens is 212 g/mol. The lowest BCUT2D eigenvalue weighted by atomic mass is 9.94. The highest BCUT2D eigenvalue weighted by molar-refractivity contribution is 5.46. The molecule has 91 valence electrons. The van der Waals surface area contributed by atoms with Crippen molar-refractivity contribution < 1.29 is 4.74 Å². The minimum absolute atomic E-state index is 0.350. The highest BCUT2D eigenvalue weighted by Crippen LogP contribution is 2.58. The predicted octanol–water partition coefficient (Wildman–Crippen LogP) is 1.29. The van der Waals surface area contributed by atoms with Crippen LogP contribution in [0.15, 0.2) is 18.2 Å². The van der Waals surface area contributed by atoms with Crippen LogP contribution in [0, 0.1) is 12.0 Å². The summed E-state index contributed by atoms with van der Waals surface area (Å²) in [5.41, 5.74) is 8.38. The van der Waals surface area contributed by atoms with Gasteiger partial charge in [0.25, 0.3) is 0 Å². The lowest BCUT2D eigenvalue weighted by molar-refractivity contribution is 0.153. The van der Waals surface area contributed by atoms with Crippen LogP contribution < -0.4 is 5.73 Å². The number of likely N-dealkylation sites (tertiary alicyclic amines) is 1. The molecule has 1 heterocycles. The van der Waals surface area contributed by atoms with E-state index < -0.39 is 0 Å². The fourth-order valence-electron chi connectivity index (χ4n) is 3.17. The Labute approximate surface area is 103 Å². The zero-order valence-electron chi connectivity index (χ0n) is 10.3. The zero-order valence-corrected chi connectivity index (χ0v) is 10.3. The van der Waals surface area contributed by atoms with E-state index in [-0.39, 0.29) is 0 Å². The lowest BCUT2D eigenvalue weighted by Gasteiger charge is -2.20. The molecule has 0 amide bonds. The van der Waals surface area contributed by atoms with E-state index in [0.29, 0.717) is 5.41 Å². The van der Waals surface area contributed by atoms with Crippen LogP contribution in [0.1, 0.15) is 12.0 Å². The van der Waals surface area contributed by atoms with Crippen molar-refractivity contribution in [2.24, 2.45) is 5.92 Å². The molecule has 1 radical (unpaired) electrons. The Hall–Kier alpha value is -1.06. The highest BCUT2D eigenvalue weighted by Gasteiger charge is 2.60. The van der Waals surface area contributed by atoms with Crippen LogP contribution in [0.4, 0.5) is 5.69 Å². The maximum Gasteiger partial charge on any atom is 0.0589 e. The standard InChI is InChI=1S/C14H19N2O/c1-17-6-5-16-9-12-8-14(12,10-16)11-3-2-4-13(15)7-11/h2,4,7,12H,5-6,8-10,15H2,1H3/t12-,14+/m0/s1. The smallest absolute Gasteiger partial charge is 0.0589 e. The summed E-state index contributed by atoms with van der Waals surface area (Å²) >= 11 is 0. The number of methoxy groups -OCH3 is 1. The third-order valence-corrected chi connectivity index (χ3v) is 4.19. The van der Waals surface area contributed by atoms with E-state index in [9.17, 15) is 0 Å². The Kier molecular flexibility index (Phi) is 2.60. The van der Waals surface area contributed by atoms with Crippen molar-refractivity contribution in [1.29, 1.82) is 0 Å². The Morgan fingerprint density at radius 2 is 2.53 bits per heavy atom. The van der Waals surface area contributed by atoms with Crippen molar-refractivity contribution in [2.45, 2.75) is 11.8 Å². The summed E-state index contributed by atoms with van der Waals surface area (Å²) in [5.74, 6) is 0.803. The summed E-state index contributed by atoms with van der Waals surface area (Å²) in [5, 5.41) is 0. The molecule has 2 aliphatic rings. The summed E-state index contributed by atoms with van der Waals surface area (Å²) in [7, 11) is 1.76. The Balaban J connectivity index is 1.73. The summed E-state index contributed by atoms with van der Waals surface area (Å²) in [6.07, 6.45) is 1.30. The molecule has 1 aromatic carbocycles. The average Bonchev–Trinajstić information content (AvgIpc) is 2.90. The van der Waals surface area contributed by atoms with E-state index in [0.717, 1.165) is 31.3 Å². The normalized spacial score (nSPS) is 31.5. The maximum absolute atomic E-state index is 5.86. The summed E-state index contributed by atoms with van der Waals surface area (Å²) in [6, 6.07) is 9.33. The van der Waals surface area contributed by atoms with Crippen molar-refractivity contribution in [2.75, 3.05) is 39.1 Å². The molecule has 1 aliphatic heterocycles. The molecule has 1 aliphatic carbocycles. The Morgan fingerprint density at radius 1 is 1.65 bits per heavy atom. The molecule has 2 N–H and O–H groups in total. The molecule has 1 saturated heterocycles. The van der Waals surface area contributed by atoms with Gasteiger partial charge in [-0.05, 0) is 36.1 Å². The van der Waals surface area contributed by atoms with Crippen LogP contribution in [0.2, 0.25) is 0 Å². The van der Waals surface area contributed by atoms with Gasteiger partial charge >= 0.3 is 0 Å². The molecule has 17 heavy (non-hydrogen) atoms. The highest BCUT2D eigenvalue weighted by atomic mass is 16.5. The molecule has 2 atom stereocenters. The van der Waals surface area contributed by atoms with Crippen LogP contribution in [0.5, 0.6) is 0 Å². The van der Waals surface area contributed by atoms with Gasteiger partial charge in [-0.1, -0.05) is 6.07 Å². The van der Waals surface area contributed by atoms with Crippen molar-refractivity contribution in [3.05, 3.63) is 29.8 Å². The summed E-state index contributed by atoms with van der Waals surface area (Å²) < 4.78 is 5.14. The quantitative estimate of drug-likeness (QED) is 0.794. The summed E-state index contributed by atoms with van der Waals surface area (Å²) in [4.78, 5) is 2.49. The van der Waals surface area contributed by atoms with Gasteiger partial charge in [0.2, 0.25) is 0 Å². The van der Waals surface area contributed by atoms with E-state index in [2.05, 4.69) is 17.0 Å². The summed E-state index contributed by atoms with van der Waals surface area (Å²) in [6.45, 7) is 4.20. The number of nitrogen functional groups attached to an aromatic ring is 1. The number of hydrogen-bond donors (Lipinski definition) is 1. The van der Waals surface area contributed by atoms with Gasteiger partial charge in [0.1, 0.15) is 0 Å². The van der Waals surface area contributed by atoms with Crippen molar-refractivity contribution in [3.8, 4) is 0 Å². The fraction of sp³-hybridized carbons (Fsp3) is 0.571. The first-order valence-electron chi connectivity index (χ1n) is 6.23. The Bertz CT molecular complexity index is 420. The molecule has 3 nitrogen and oxygen atoms in total. The van der Waals surface area contributed by atoms with E-state index in [4.69, 9.17) is 10.5 Å². The second kappa shape index (κ2) is 4.00. The number of benzene rings is 1. The first kappa shape index (κ1) is 11.1. The molecular formula is C14H19N2O. The first-order chi connectivity index (χ1) is 8.24. The molecule has 3 heteroatoms. The van der Waals surface area contributed by atoms with Gasteiger partial charge in [-0.15, -0.1) is 0 Å². The third-order valence-electron chi connectivity index (χ3n) is 4.19. The van der Waals surface area contributed by atoms with Crippen molar-refractivity contribution in [3.63, 3.8) is 0 Å². The molecule has 1 saturated carbocycles. The van der Waals surface area contributed by atoms with Gasteiger partial charge in [-0.2, -0.15) is 0 Å². The van der Waals surface area contributed by atoms with Crippen LogP contribution >= 0.6 is 0 Å². The lowest BCUT2D eigenvalue weighted by Crippen LogP contribution is -2.29. The number of hydrogen-bond acceptors (Lipinski definition) is 3. The predicted molar refractivity (Wildman–Crippen MR) is 67.8 cm³/mol. The largest absolute Gasteiger partial charge is 0.399 e. The maximum atomic E-state index is 5.86. The van der Waals surface area contributed by atoms with Crippen LogP contribution in [0.25, 0.3) is 0 Å². The average molecular weight is 231 g/mol. The van der Waals surface area contributed by atoms with Crippen LogP contribution in [0.3, 0.4) is 0 Å². The zero-order chi connectivity index (χ0) is 11.9. The molecule has 0 bridgehead atoms. The van der Waals surface area contributed by atoms with Crippen LogP contribution in [-0.4, -0.2) is 38.3 Å². The molecule has 3 rings (SSSR count). The number of piperidine rings is 1. The first-order valence-corrected chi connectivity index (χ1v) is 6.23. The van der Waals surface area contributed by atoms with Gasteiger partial charge in [0.15, 0.2) is 0 Å². The molecule has 0 aromatic heterocycles. The SMILES string of the molecule is COCCN1C[C@@H]2C[C@]2(c2[c]ccc(N)c2)C1. The van der Waals surface area contributed by atoms with Gasteiger partial charge in [-0.3, -0.25) is 4.90 Å². The van der Waals surface area contributed by atoms with Crippen molar-refractivity contribution in [1.82, 2.24) is 4.90 Å². The van der Waals surface area contributed by atoms with Gasteiger partial charge in [-0.25, -0.2) is 0 Å². The van der Waals surface area contributed by atoms with E-state index in [1.54, 1.807) is 7.11 Å². The molecule has 2 fully saturated rings. The van der Waals surface area contributed by atoms with Crippen LogP contribution in [-0.2, 0) is 10.2 Å². The fourth-order valence-corrected chi connectivity index (χ4v) is 3.17. The second-order valence-corrected chi connectivity index (χ2v) is 5.32. The molecule has 1 aromatic rings. The second-order valence-electron chi connectivity index (χ2n) is 5.32. The minimum Gasteiger partial charge on any atom is -0.399 e. The number of anilines is 1. The van der Waals surface area contributed by atoms with Gasteiger partial charge in [0, 0.05) is 37.8 Å². The number of nitrogens with two attached hydrogens (primary N) is 1. The van der Waals surface area contributed by atoms with E-state index >= 15 is 0 Å².